The van der Waals surface area contributed by atoms with Gasteiger partial charge in [0.05, 0.1) is 11.6 Å². The Labute approximate surface area is 98.2 Å². The highest BCUT2D eigenvalue weighted by Crippen LogP contribution is 2.16. The highest BCUT2D eigenvalue weighted by Gasteiger charge is 2.24. The maximum absolute atomic E-state index is 11.8. The minimum absolute atomic E-state index is 0.227. The zero-order chi connectivity index (χ0) is 12.4. The van der Waals surface area contributed by atoms with Gasteiger partial charge in [-0.15, -0.1) is 0 Å². The van der Waals surface area contributed by atoms with E-state index in [9.17, 15) is 9.90 Å². The fraction of sp³-hybridized carbons (Fsp3) is 0.333. The fourth-order valence-corrected chi connectivity index (χ4v) is 1.63. The van der Waals surface area contributed by atoms with Crippen LogP contribution in [0.25, 0.3) is 11.0 Å². The van der Waals surface area contributed by atoms with E-state index in [0.717, 1.165) is 0 Å². The summed E-state index contributed by atoms with van der Waals surface area (Å²) in [6.07, 6.45) is 2.20. The van der Waals surface area contributed by atoms with Crippen LogP contribution in [0.15, 0.2) is 29.0 Å². The molecular formula is C12H13NO4. The van der Waals surface area contributed by atoms with Gasteiger partial charge in [0.25, 0.3) is 0 Å². The summed E-state index contributed by atoms with van der Waals surface area (Å²) < 4.78 is 11.5. The van der Waals surface area contributed by atoms with Crippen LogP contribution in [0.5, 0.6) is 0 Å². The van der Waals surface area contributed by atoms with Crippen molar-refractivity contribution < 1.29 is 23.6 Å². The highest BCUT2D eigenvalue weighted by molar-refractivity contribution is 5.79. The lowest BCUT2D eigenvalue weighted by Gasteiger charge is -2.07. The number of carbonyl (C=O) groups excluding carboxylic acids is 1. The molecule has 0 aliphatic heterocycles. The first kappa shape index (κ1) is 11.6. The molecule has 0 radical (unpaired) electrons. The van der Waals surface area contributed by atoms with Gasteiger partial charge in [0.1, 0.15) is 11.7 Å². The van der Waals surface area contributed by atoms with Gasteiger partial charge in [0, 0.05) is 6.07 Å². The Morgan fingerprint density at radius 1 is 1.53 bits per heavy atom. The minimum atomic E-state index is -0.547. The van der Waals surface area contributed by atoms with Gasteiger partial charge in [-0.25, -0.2) is 0 Å². The number of aromatic nitrogens is 1. The van der Waals surface area contributed by atoms with Crippen LogP contribution in [0.2, 0.25) is 0 Å². The predicted octanol–water partition coefficient (Wildman–Crippen LogP) is 0.974. The SMILES string of the molecule is CC(C)OC(=O)[n+]1ccc2occc2c1C[O-]. The van der Waals surface area contributed by atoms with E-state index < -0.39 is 12.7 Å². The van der Waals surface area contributed by atoms with E-state index in [2.05, 4.69) is 0 Å². The molecular weight excluding hydrogens is 222 g/mol. The van der Waals surface area contributed by atoms with E-state index >= 15 is 0 Å². The molecule has 0 atom stereocenters. The smallest absolute Gasteiger partial charge is 0.602 e. The third-order valence-electron chi connectivity index (χ3n) is 2.34. The molecule has 17 heavy (non-hydrogen) atoms. The summed E-state index contributed by atoms with van der Waals surface area (Å²) in [5.74, 6) is 0. The quantitative estimate of drug-likeness (QED) is 0.727. The Balaban J connectivity index is 2.49. The highest BCUT2D eigenvalue weighted by atomic mass is 16.6. The van der Waals surface area contributed by atoms with Crippen molar-refractivity contribution >= 4 is 17.1 Å². The standard InChI is InChI=1S/C12H13NO4/c1-8(2)17-12(15)13-5-3-11-9(4-6-16-11)10(13)7-14/h3-6,8H,7H2,1-2H3. The molecule has 90 valence electrons. The first-order valence-corrected chi connectivity index (χ1v) is 5.33. The third kappa shape index (κ3) is 2.14. The summed E-state index contributed by atoms with van der Waals surface area (Å²) in [6, 6.07) is 3.30. The number of hydrogen-bond donors (Lipinski definition) is 0. The van der Waals surface area contributed by atoms with Gasteiger partial charge in [0.15, 0.2) is 11.9 Å². The van der Waals surface area contributed by atoms with Crippen LogP contribution in [0, 0.1) is 0 Å². The molecule has 2 rings (SSSR count). The Bertz CT molecular complexity index is 544. The van der Waals surface area contributed by atoms with E-state index in [1.165, 1.54) is 17.0 Å². The van der Waals surface area contributed by atoms with Crippen molar-refractivity contribution in [2.45, 2.75) is 26.6 Å². The van der Waals surface area contributed by atoms with Crippen molar-refractivity contribution in [3.8, 4) is 0 Å². The average Bonchev–Trinajstić information content (AvgIpc) is 2.74. The number of furan rings is 1. The maximum Gasteiger partial charge on any atom is 0.602 e. The second-order valence-electron chi connectivity index (χ2n) is 3.91. The summed E-state index contributed by atoms with van der Waals surface area (Å²) in [4.78, 5) is 11.8. The van der Waals surface area contributed by atoms with E-state index in [4.69, 9.17) is 9.15 Å². The summed E-state index contributed by atoms with van der Waals surface area (Å²) in [7, 11) is 0. The van der Waals surface area contributed by atoms with Crippen LogP contribution < -0.4 is 9.67 Å². The Hall–Kier alpha value is -1.88. The van der Waals surface area contributed by atoms with Crippen molar-refractivity contribution in [3.05, 3.63) is 30.3 Å². The molecule has 5 heteroatoms. The molecule has 0 aliphatic rings. The second-order valence-corrected chi connectivity index (χ2v) is 3.91. The van der Waals surface area contributed by atoms with Gasteiger partial charge >= 0.3 is 6.09 Å². The summed E-state index contributed by atoms with van der Waals surface area (Å²) in [5.41, 5.74) is 0.936. The molecule has 0 aliphatic carbocycles. The van der Waals surface area contributed by atoms with Gasteiger partial charge in [0.2, 0.25) is 0 Å². The molecule has 0 bridgehead atoms. The number of rotatable bonds is 2. The van der Waals surface area contributed by atoms with Gasteiger partial charge < -0.3 is 14.3 Å². The second kappa shape index (κ2) is 4.55. The number of fused-ring (bicyclic) bond motifs is 1. The van der Waals surface area contributed by atoms with Crippen LogP contribution in [-0.4, -0.2) is 12.2 Å². The van der Waals surface area contributed by atoms with Gasteiger partial charge in [-0.2, -0.15) is 4.79 Å². The largest absolute Gasteiger partial charge is 0.847 e. The maximum atomic E-state index is 11.8. The Kier molecular flexibility index (Phi) is 3.10. The number of nitrogens with zero attached hydrogens (tertiary/aromatic N) is 1. The van der Waals surface area contributed by atoms with Gasteiger partial charge in [-0.1, -0.05) is 4.57 Å². The first-order chi connectivity index (χ1) is 8.13. The van der Waals surface area contributed by atoms with Crippen LogP contribution in [0.3, 0.4) is 0 Å². The molecule has 0 spiro atoms. The molecule has 2 aromatic heterocycles. The lowest BCUT2D eigenvalue weighted by atomic mass is 10.2. The van der Waals surface area contributed by atoms with E-state index in [1.807, 2.05) is 0 Å². The molecule has 0 unspecified atom stereocenters. The zero-order valence-electron chi connectivity index (χ0n) is 9.67. The predicted molar refractivity (Wildman–Crippen MR) is 57.1 cm³/mol. The van der Waals surface area contributed by atoms with E-state index in [1.54, 1.807) is 26.0 Å². The molecule has 0 aromatic carbocycles. The summed E-state index contributed by atoms with van der Waals surface area (Å²) in [6.45, 7) is 3.00. The van der Waals surface area contributed by atoms with Crippen LogP contribution in [-0.2, 0) is 11.3 Å². The monoisotopic (exact) mass is 235 g/mol. The first-order valence-electron chi connectivity index (χ1n) is 5.33. The van der Waals surface area contributed by atoms with Crippen LogP contribution >= 0.6 is 0 Å². The van der Waals surface area contributed by atoms with E-state index in [-0.39, 0.29) is 6.10 Å². The van der Waals surface area contributed by atoms with Crippen molar-refractivity contribution in [1.82, 2.24) is 0 Å². The van der Waals surface area contributed by atoms with Crippen LogP contribution in [0.1, 0.15) is 19.5 Å². The fourth-order valence-electron chi connectivity index (χ4n) is 1.63. The number of ether oxygens (including phenoxy) is 1. The lowest BCUT2D eigenvalue weighted by Crippen LogP contribution is -2.48. The molecule has 0 N–H and O–H groups in total. The molecule has 0 saturated heterocycles. The van der Waals surface area contributed by atoms with Crippen molar-refractivity contribution in [2.75, 3.05) is 0 Å². The van der Waals surface area contributed by atoms with Crippen molar-refractivity contribution in [1.29, 1.82) is 0 Å². The Morgan fingerprint density at radius 3 is 2.94 bits per heavy atom. The summed E-state index contributed by atoms with van der Waals surface area (Å²) >= 11 is 0. The average molecular weight is 235 g/mol. The zero-order valence-corrected chi connectivity index (χ0v) is 9.67. The molecule has 2 heterocycles. The normalized spacial score (nSPS) is 11.1. The molecule has 0 fully saturated rings. The summed E-state index contributed by atoms with van der Waals surface area (Å²) in [5, 5.41) is 11.8. The molecule has 0 amide bonds. The van der Waals surface area contributed by atoms with Gasteiger partial charge in [-0.3, -0.25) is 0 Å². The molecule has 2 aromatic rings. The van der Waals surface area contributed by atoms with Crippen molar-refractivity contribution in [3.63, 3.8) is 0 Å². The molecule has 0 saturated carbocycles. The third-order valence-corrected chi connectivity index (χ3v) is 2.34. The molecule has 5 nitrogen and oxygen atoms in total. The number of pyridine rings is 1. The van der Waals surface area contributed by atoms with E-state index in [0.29, 0.717) is 16.7 Å². The number of hydrogen-bond acceptors (Lipinski definition) is 4. The van der Waals surface area contributed by atoms with Crippen molar-refractivity contribution in [2.24, 2.45) is 0 Å². The number of carbonyl (C=O) groups is 1. The minimum Gasteiger partial charge on any atom is -0.847 e. The van der Waals surface area contributed by atoms with Gasteiger partial charge in [-0.05, 0) is 26.5 Å². The van der Waals surface area contributed by atoms with Crippen LogP contribution in [0.4, 0.5) is 4.79 Å². The lowest BCUT2D eigenvalue weighted by molar-refractivity contribution is -0.608. The topological polar surface area (TPSA) is 66.4 Å². The Morgan fingerprint density at radius 2 is 2.29 bits per heavy atom.